The highest BCUT2D eigenvalue weighted by atomic mass is 19.4. The molecule has 0 fully saturated rings. The molecule has 3 unspecified atom stereocenters. The van der Waals surface area contributed by atoms with Crippen LogP contribution in [-0.2, 0) is 16.0 Å². The first-order chi connectivity index (χ1) is 15.9. The average Bonchev–Trinajstić information content (AvgIpc) is 2.69. The number of esters is 1. The molecule has 0 aromatic heterocycles. The van der Waals surface area contributed by atoms with Crippen LogP contribution in [0.15, 0.2) is 24.3 Å². The van der Waals surface area contributed by atoms with Gasteiger partial charge < -0.3 is 20.1 Å². The molecule has 0 saturated heterocycles. The Kier molecular flexibility index (Phi) is 9.26. The van der Waals surface area contributed by atoms with Gasteiger partial charge in [0.25, 0.3) is 0 Å². The van der Waals surface area contributed by atoms with Crippen molar-refractivity contribution in [3.05, 3.63) is 35.4 Å². The van der Waals surface area contributed by atoms with E-state index in [1.165, 1.54) is 32.9 Å². The quantitative estimate of drug-likeness (QED) is 0.227. The number of hydrogen-bond acceptors (Lipinski definition) is 5. The third kappa shape index (κ3) is 6.86. The summed E-state index contributed by atoms with van der Waals surface area (Å²) in [6, 6.07) is 4.66. The molecule has 208 valence electrons. The van der Waals surface area contributed by atoms with Crippen LogP contribution in [-0.4, -0.2) is 57.1 Å². The Morgan fingerprint density at radius 2 is 1.36 bits per heavy atom. The standard InChI is InChI=1S/C23H30F8O5/c1-6-14(12-19(5,22(26,27)28)17(33)36-18(2,3)4)15-9-7-13(8-10-15)11-16(32)20(24,25)21(34,35)23(29,30)31/h7-10,14,16,32,34-35H,6,11-12H2,1-5H3. The van der Waals surface area contributed by atoms with Crippen LogP contribution in [0.5, 0.6) is 0 Å². The summed E-state index contributed by atoms with van der Waals surface area (Å²) in [5.74, 6) is -13.2. The third-order valence-corrected chi connectivity index (χ3v) is 5.78. The molecule has 0 aliphatic carbocycles. The lowest BCUT2D eigenvalue weighted by atomic mass is 9.76. The molecule has 36 heavy (non-hydrogen) atoms. The molecule has 0 radical (unpaired) electrons. The maximum absolute atomic E-state index is 13.9. The van der Waals surface area contributed by atoms with Crippen molar-refractivity contribution in [2.24, 2.45) is 5.41 Å². The number of rotatable bonds is 9. The van der Waals surface area contributed by atoms with Crippen molar-refractivity contribution in [3.63, 3.8) is 0 Å². The molecular formula is C23H30F8O5. The molecule has 0 saturated carbocycles. The lowest BCUT2D eigenvalue weighted by Crippen LogP contribution is -2.63. The molecule has 1 aromatic carbocycles. The highest BCUT2D eigenvalue weighted by Crippen LogP contribution is 2.47. The SMILES string of the molecule is CCC(CC(C)(C(=O)OC(C)(C)C)C(F)(F)F)c1ccc(CC(O)C(F)(F)C(O)(O)C(F)(F)F)cc1. The van der Waals surface area contributed by atoms with Crippen molar-refractivity contribution >= 4 is 5.97 Å². The van der Waals surface area contributed by atoms with Gasteiger partial charge in [0.2, 0.25) is 0 Å². The lowest BCUT2D eigenvalue weighted by Gasteiger charge is -2.35. The van der Waals surface area contributed by atoms with Gasteiger partial charge in [0.05, 0.1) is 0 Å². The smallest absolute Gasteiger partial charge is 0.449 e. The molecular weight excluding hydrogens is 508 g/mol. The second kappa shape index (κ2) is 10.4. The van der Waals surface area contributed by atoms with Crippen molar-refractivity contribution < 1.29 is 60.0 Å². The fraction of sp³-hybridized carbons (Fsp3) is 0.696. The number of carbonyl (C=O) groups excluding carboxylic acids is 1. The van der Waals surface area contributed by atoms with Gasteiger partial charge >= 0.3 is 30.0 Å². The number of benzene rings is 1. The maximum Gasteiger partial charge on any atom is 0.449 e. The summed E-state index contributed by atoms with van der Waals surface area (Å²) in [6.07, 6.45) is -16.0. The fourth-order valence-corrected chi connectivity index (χ4v) is 3.39. The zero-order chi connectivity index (χ0) is 28.5. The Morgan fingerprint density at radius 1 is 0.889 bits per heavy atom. The summed E-state index contributed by atoms with van der Waals surface area (Å²) in [5, 5.41) is 27.3. The zero-order valence-electron chi connectivity index (χ0n) is 20.3. The molecule has 13 heteroatoms. The van der Waals surface area contributed by atoms with Crippen molar-refractivity contribution in [1.82, 2.24) is 0 Å². The Bertz CT molecular complexity index is 888. The molecule has 0 aliphatic rings. The number of alkyl halides is 8. The van der Waals surface area contributed by atoms with Crippen LogP contribution in [0.2, 0.25) is 0 Å². The maximum atomic E-state index is 13.9. The minimum absolute atomic E-state index is 0.137. The van der Waals surface area contributed by atoms with Crippen LogP contribution in [0.4, 0.5) is 35.1 Å². The van der Waals surface area contributed by atoms with E-state index in [9.17, 15) is 45.0 Å². The average molecular weight is 538 g/mol. The summed E-state index contributed by atoms with van der Waals surface area (Å²) < 4.78 is 112. The van der Waals surface area contributed by atoms with Crippen LogP contribution in [0.1, 0.15) is 64.5 Å². The van der Waals surface area contributed by atoms with E-state index in [1.54, 1.807) is 6.92 Å². The normalized spacial score (nSPS) is 17.3. The van der Waals surface area contributed by atoms with Crippen LogP contribution < -0.4 is 0 Å². The van der Waals surface area contributed by atoms with Gasteiger partial charge in [0.15, 0.2) is 5.41 Å². The first kappa shape index (κ1) is 32.0. The van der Waals surface area contributed by atoms with Gasteiger partial charge in [-0.15, -0.1) is 0 Å². The van der Waals surface area contributed by atoms with Gasteiger partial charge in [0, 0.05) is 6.42 Å². The summed E-state index contributed by atoms with van der Waals surface area (Å²) >= 11 is 0. The van der Waals surface area contributed by atoms with Crippen LogP contribution in [0, 0.1) is 5.41 Å². The summed E-state index contributed by atoms with van der Waals surface area (Å²) in [7, 11) is 0. The fourth-order valence-electron chi connectivity index (χ4n) is 3.39. The van der Waals surface area contributed by atoms with Crippen LogP contribution in [0.25, 0.3) is 0 Å². The van der Waals surface area contributed by atoms with E-state index in [0.717, 1.165) is 12.1 Å². The number of aliphatic hydroxyl groups excluding tert-OH is 1. The van der Waals surface area contributed by atoms with Gasteiger partial charge in [0.1, 0.15) is 11.7 Å². The molecule has 0 bridgehead atoms. The minimum Gasteiger partial charge on any atom is -0.459 e. The molecule has 1 rings (SSSR count). The van der Waals surface area contributed by atoms with Crippen LogP contribution in [0.3, 0.4) is 0 Å². The van der Waals surface area contributed by atoms with E-state index >= 15 is 0 Å². The molecule has 0 spiro atoms. The van der Waals surface area contributed by atoms with E-state index in [0.29, 0.717) is 6.92 Å². The number of halogens is 8. The topological polar surface area (TPSA) is 87.0 Å². The molecule has 0 aliphatic heterocycles. The summed E-state index contributed by atoms with van der Waals surface area (Å²) in [6.45, 7) is 6.53. The van der Waals surface area contributed by atoms with Gasteiger partial charge in [-0.3, -0.25) is 4.79 Å². The first-order valence-corrected chi connectivity index (χ1v) is 10.9. The van der Waals surface area contributed by atoms with E-state index in [4.69, 9.17) is 14.9 Å². The second-order valence-electron chi connectivity index (χ2n) is 9.90. The van der Waals surface area contributed by atoms with E-state index < -0.39 is 65.9 Å². The number of ether oxygens (including phenoxy) is 1. The highest BCUT2D eigenvalue weighted by Gasteiger charge is 2.71. The van der Waals surface area contributed by atoms with Crippen molar-refractivity contribution in [2.45, 2.75) is 95.6 Å². The Balaban J connectivity index is 3.17. The van der Waals surface area contributed by atoms with Crippen LogP contribution >= 0.6 is 0 Å². The zero-order valence-corrected chi connectivity index (χ0v) is 20.3. The van der Waals surface area contributed by atoms with E-state index in [2.05, 4.69) is 0 Å². The minimum atomic E-state index is -6.16. The van der Waals surface area contributed by atoms with Gasteiger partial charge in [-0.05, 0) is 57.6 Å². The van der Waals surface area contributed by atoms with Gasteiger partial charge in [-0.2, -0.15) is 35.1 Å². The van der Waals surface area contributed by atoms with E-state index in [-0.39, 0.29) is 17.5 Å². The Labute approximate surface area is 203 Å². The predicted octanol–water partition coefficient (Wildman–Crippen LogP) is 5.26. The molecule has 0 heterocycles. The molecule has 1 aromatic rings. The van der Waals surface area contributed by atoms with Gasteiger partial charge in [-0.25, -0.2) is 0 Å². The Morgan fingerprint density at radius 3 is 1.72 bits per heavy atom. The van der Waals surface area contributed by atoms with Crippen molar-refractivity contribution in [3.8, 4) is 0 Å². The molecule has 0 amide bonds. The molecule has 3 atom stereocenters. The lowest BCUT2D eigenvalue weighted by molar-refractivity contribution is -0.428. The number of hydrogen-bond donors (Lipinski definition) is 3. The second-order valence-corrected chi connectivity index (χ2v) is 9.90. The number of carbonyl (C=O) groups is 1. The highest BCUT2D eigenvalue weighted by molar-refractivity contribution is 5.78. The Hall–Kier alpha value is -1.99. The monoisotopic (exact) mass is 538 g/mol. The van der Waals surface area contributed by atoms with Gasteiger partial charge in [-0.1, -0.05) is 31.2 Å². The molecule has 3 N–H and O–H groups in total. The summed E-state index contributed by atoms with van der Waals surface area (Å²) in [5.41, 5.74) is -3.93. The predicted molar refractivity (Wildman–Crippen MR) is 112 cm³/mol. The first-order valence-electron chi connectivity index (χ1n) is 10.9. The van der Waals surface area contributed by atoms with Crippen molar-refractivity contribution in [1.29, 1.82) is 0 Å². The molecule has 5 nitrogen and oxygen atoms in total. The summed E-state index contributed by atoms with van der Waals surface area (Å²) in [4.78, 5) is 12.5. The van der Waals surface area contributed by atoms with Crippen molar-refractivity contribution in [2.75, 3.05) is 0 Å². The van der Waals surface area contributed by atoms with E-state index in [1.807, 2.05) is 0 Å². The largest absolute Gasteiger partial charge is 0.459 e. The third-order valence-electron chi connectivity index (χ3n) is 5.78. The number of aliphatic hydroxyl groups is 3.